The zero-order valence-electron chi connectivity index (χ0n) is 10.7. The molecule has 0 aliphatic heterocycles. The minimum atomic E-state index is -0.362. The monoisotopic (exact) mass is 245 g/mol. The summed E-state index contributed by atoms with van der Waals surface area (Å²) in [7, 11) is 0. The molecule has 4 N–H and O–H groups in total. The number of pyridine rings is 1. The van der Waals surface area contributed by atoms with Crippen molar-refractivity contribution in [1.29, 1.82) is 0 Å². The lowest BCUT2D eigenvalue weighted by Crippen LogP contribution is -2.24. The van der Waals surface area contributed by atoms with Crippen molar-refractivity contribution in [3.8, 4) is 0 Å². The van der Waals surface area contributed by atoms with Crippen LogP contribution >= 0.6 is 0 Å². The lowest BCUT2D eigenvalue weighted by molar-refractivity contribution is 0.138. The molecule has 18 heavy (non-hydrogen) atoms. The van der Waals surface area contributed by atoms with Gasteiger partial charge in [-0.1, -0.05) is 13.8 Å². The Hall–Kier alpha value is -1.81. The summed E-state index contributed by atoms with van der Waals surface area (Å²) in [4.78, 5) is 4.08. The third-order valence-corrected chi connectivity index (χ3v) is 3.12. The van der Waals surface area contributed by atoms with Gasteiger partial charge in [0.1, 0.15) is 0 Å². The third-order valence-electron chi connectivity index (χ3n) is 3.12. The molecule has 0 spiro atoms. The molecule has 2 rings (SSSR count). The number of nitrogens with two attached hydrogens (primary N) is 1. The van der Waals surface area contributed by atoms with Crippen LogP contribution in [0.3, 0.4) is 0 Å². The minimum Gasteiger partial charge on any atom is -0.398 e. The summed E-state index contributed by atoms with van der Waals surface area (Å²) in [6.07, 6.45) is 3.14. The highest BCUT2D eigenvalue weighted by Gasteiger charge is 2.10. The lowest BCUT2D eigenvalue weighted by atomic mass is 10.1. The van der Waals surface area contributed by atoms with Crippen molar-refractivity contribution in [2.45, 2.75) is 20.0 Å². The van der Waals surface area contributed by atoms with E-state index in [1.807, 2.05) is 32.0 Å². The van der Waals surface area contributed by atoms with Gasteiger partial charge in [-0.25, -0.2) is 0 Å². The summed E-state index contributed by atoms with van der Waals surface area (Å²) >= 11 is 0. The molecule has 4 nitrogen and oxygen atoms in total. The molecule has 1 aromatic carbocycles. The highest BCUT2D eigenvalue weighted by molar-refractivity contribution is 6.00. The van der Waals surface area contributed by atoms with Crippen molar-refractivity contribution in [2.75, 3.05) is 17.6 Å². The van der Waals surface area contributed by atoms with E-state index >= 15 is 0 Å². The lowest BCUT2D eigenvalue weighted by Gasteiger charge is -2.17. The first-order chi connectivity index (χ1) is 8.59. The van der Waals surface area contributed by atoms with Crippen molar-refractivity contribution < 1.29 is 5.11 Å². The quantitative estimate of drug-likeness (QED) is 0.722. The Labute approximate surface area is 107 Å². The fourth-order valence-corrected chi connectivity index (χ4v) is 1.82. The van der Waals surface area contributed by atoms with Gasteiger partial charge in [0.2, 0.25) is 0 Å². The van der Waals surface area contributed by atoms with Crippen LogP contribution in [0.15, 0.2) is 30.6 Å². The number of aliphatic hydroxyl groups is 1. The second-order valence-electron chi connectivity index (χ2n) is 4.82. The Morgan fingerprint density at radius 3 is 2.78 bits per heavy atom. The smallest absolute Gasteiger partial charge is 0.0735 e. The van der Waals surface area contributed by atoms with Crippen molar-refractivity contribution in [1.82, 2.24) is 4.98 Å². The molecule has 1 heterocycles. The molecule has 1 aromatic heterocycles. The van der Waals surface area contributed by atoms with Crippen LogP contribution in [0.4, 0.5) is 11.4 Å². The number of hydrogen-bond donors (Lipinski definition) is 3. The molecule has 0 fully saturated rings. The Bertz CT molecular complexity index is 540. The van der Waals surface area contributed by atoms with Gasteiger partial charge in [-0.2, -0.15) is 0 Å². The number of aliphatic hydroxyl groups excluding tert-OH is 1. The van der Waals surface area contributed by atoms with E-state index in [1.165, 1.54) is 0 Å². The van der Waals surface area contributed by atoms with E-state index in [4.69, 9.17) is 5.73 Å². The molecule has 96 valence electrons. The van der Waals surface area contributed by atoms with Crippen LogP contribution in [0.2, 0.25) is 0 Å². The van der Waals surface area contributed by atoms with E-state index < -0.39 is 0 Å². The molecule has 0 bridgehead atoms. The summed E-state index contributed by atoms with van der Waals surface area (Å²) in [6, 6.07) is 5.72. The fourth-order valence-electron chi connectivity index (χ4n) is 1.82. The molecule has 0 saturated heterocycles. The van der Waals surface area contributed by atoms with Gasteiger partial charge in [0.15, 0.2) is 0 Å². The van der Waals surface area contributed by atoms with Crippen LogP contribution < -0.4 is 11.1 Å². The van der Waals surface area contributed by atoms with E-state index in [0.29, 0.717) is 12.2 Å². The molecule has 0 aliphatic rings. The molecule has 0 amide bonds. The number of rotatable bonds is 4. The topological polar surface area (TPSA) is 71.2 Å². The standard InChI is InChI=1S/C14H19N3O/c1-9(2)14(18)8-17-13-4-3-12(15)11-7-16-6-5-10(11)13/h3-7,9,14,17-18H,8,15H2,1-2H3. The molecular formula is C14H19N3O. The molecule has 1 unspecified atom stereocenters. The first-order valence-corrected chi connectivity index (χ1v) is 6.13. The largest absolute Gasteiger partial charge is 0.398 e. The molecule has 0 radical (unpaired) electrons. The first-order valence-electron chi connectivity index (χ1n) is 6.13. The molecule has 4 heteroatoms. The van der Waals surface area contributed by atoms with Gasteiger partial charge in [0, 0.05) is 41.1 Å². The number of anilines is 2. The zero-order valence-corrected chi connectivity index (χ0v) is 10.7. The highest BCUT2D eigenvalue weighted by atomic mass is 16.3. The van der Waals surface area contributed by atoms with E-state index in [1.54, 1.807) is 12.4 Å². The normalized spacial score (nSPS) is 12.9. The number of nitrogens with zero attached hydrogens (tertiary/aromatic N) is 1. The molecule has 1 atom stereocenters. The predicted octanol–water partition coefficient (Wildman–Crippen LogP) is 2.25. The van der Waals surface area contributed by atoms with Crippen LogP contribution in [-0.4, -0.2) is 22.7 Å². The van der Waals surface area contributed by atoms with Crippen molar-refractivity contribution in [2.24, 2.45) is 5.92 Å². The summed E-state index contributed by atoms with van der Waals surface area (Å²) in [5.41, 5.74) is 7.60. The van der Waals surface area contributed by atoms with Crippen LogP contribution in [0.25, 0.3) is 10.8 Å². The Morgan fingerprint density at radius 1 is 1.28 bits per heavy atom. The van der Waals surface area contributed by atoms with Gasteiger partial charge >= 0.3 is 0 Å². The first kappa shape index (κ1) is 12.6. The third kappa shape index (κ3) is 2.54. The minimum absolute atomic E-state index is 0.235. The summed E-state index contributed by atoms with van der Waals surface area (Å²) in [5.74, 6) is 0.235. The molecular weight excluding hydrogens is 226 g/mol. The summed E-state index contributed by atoms with van der Waals surface area (Å²) in [5, 5.41) is 15.0. The van der Waals surface area contributed by atoms with Gasteiger partial charge in [-0.3, -0.25) is 4.98 Å². The van der Waals surface area contributed by atoms with E-state index in [0.717, 1.165) is 16.5 Å². The second-order valence-corrected chi connectivity index (χ2v) is 4.82. The maximum atomic E-state index is 9.81. The van der Waals surface area contributed by atoms with Crippen LogP contribution in [-0.2, 0) is 0 Å². The number of nitrogens with one attached hydrogen (secondary N) is 1. The second kappa shape index (κ2) is 5.23. The summed E-state index contributed by atoms with van der Waals surface area (Å²) < 4.78 is 0. The fraction of sp³-hybridized carbons (Fsp3) is 0.357. The van der Waals surface area contributed by atoms with E-state index in [9.17, 15) is 5.11 Å². The van der Waals surface area contributed by atoms with Crippen LogP contribution in [0.1, 0.15) is 13.8 Å². The average Bonchev–Trinajstić information content (AvgIpc) is 2.38. The maximum Gasteiger partial charge on any atom is 0.0735 e. The molecule has 0 saturated carbocycles. The average molecular weight is 245 g/mol. The van der Waals surface area contributed by atoms with Gasteiger partial charge in [0.25, 0.3) is 0 Å². The van der Waals surface area contributed by atoms with Gasteiger partial charge in [-0.05, 0) is 24.1 Å². The van der Waals surface area contributed by atoms with Gasteiger partial charge in [-0.15, -0.1) is 0 Å². The number of hydrogen-bond acceptors (Lipinski definition) is 4. The van der Waals surface area contributed by atoms with Gasteiger partial charge < -0.3 is 16.2 Å². The highest BCUT2D eigenvalue weighted by Crippen LogP contribution is 2.27. The zero-order chi connectivity index (χ0) is 13.1. The van der Waals surface area contributed by atoms with E-state index in [-0.39, 0.29) is 12.0 Å². The van der Waals surface area contributed by atoms with Crippen molar-refractivity contribution in [3.05, 3.63) is 30.6 Å². The van der Waals surface area contributed by atoms with Crippen LogP contribution in [0, 0.1) is 5.92 Å². The molecule has 0 aliphatic carbocycles. The number of aromatic nitrogens is 1. The van der Waals surface area contributed by atoms with E-state index in [2.05, 4.69) is 10.3 Å². The maximum absolute atomic E-state index is 9.81. The Balaban J connectivity index is 2.26. The summed E-state index contributed by atoms with van der Waals surface area (Å²) in [6.45, 7) is 4.52. The van der Waals surface area contributed by atoms with Gasteiger partial charge in [0.05, 0.1) is 6.10 Å². The molecule has 2 aromatic rings. The van der Waals surface area contributed by atoms with Crippen molar-refractivity contribution in [3.63, 3.8) is 0 Å². The Kier molecular flexibility index (Phi) is 3.67. The predicted molar refractivity (Wildman–Crippen MR) is 75.5 cm³/mol. The van der Waals surface area contributed by atoms with Crippen molar-refractivity contribution >= 4 is 22.1 Å². The SMILES string of the molecule is CC(C)C(O)CNc1ccc(N)c2cnccc12. The van der Waals surface area contributed by atoms with Crippen LogP contribution in [0.5, 0.6) is 0 Å². The number of fused-ring (bicyclic) bond motifs is 1. The Morgan fingerprint density at radius 2 is 2.06 bits per heavy atom. The number of benzene rings is 1. The number of nitrogen functional groups attached to an aromatic ring is 1.